The Labute approximate surface area is 129 Å². The van der Waals surface area contributed by atoms with E-state index in [4.69, 9.17) is 5.84 Å². The lowest BCUT2D eigenvalue weighted by Crippen LogP contribution is -2.31. The highest BCUT2D eigenvalue weighted by atomic mass is 32.2. The summed E-state index contributed by atoms with van der Waals surface area (Å²) in [5.41, 5.74) is 7.05. The molecule has 0 aliphatic heterocycles. The summed E-state index contributed by atoms with van der Waals surface area (Å²) in [6.45, 7) is 2.12. The van der Waals surface area contributed by atoms with Crippen molar-refractivity contribution in [1.82, 2.24) is 5.43 Å². The van der Waals surface area contributed by atoms with Crippen LogP contribution in [0.1, 0.15) is 22.3 Å². The molecule has 3 nitrogen and oxygen atoms in total. The van der Waals surface area contributed by atoms with E-state index in [2.05, 4.69) is 48.7 Å². The van der Waals surface area contributed by atoms with Crippen LogP contribution in [0.2, 0.25) is 0 Å². The first-order chi connectivity index (χ1) is 10.2. The lowest BCUT2D eigenvalue weighted by atomic mass is 10.1. The molecule has 21 heavy (non-hydrogen) atoms. The zero-order valence-electron chi connectivity index (χ0n) is 12.1. The summed E-state index contributed by atoms with van der Waals surface area (Å²) in [7, 11) is 0. The highest BCUT2D eigenvalue weighted by Gasteiger charge is 2.01. The molecule has 1 amide bonds. The zero-order chi connectivity index (χ0) is 15.1. The third kappa shape index (κ3) is 5.25. The van der Waals surface area contributed by atoms with Gasteiger partial charge in [0.15, 0.2) is 0 Å². The standard InChI is InChI=1S/C17H20N2OS/c1-13-3-2-4-16(9-13)12-21-11-15-7-5-14(6-8-15)10-17(20)19-18/h2-9H,10-12,18H2,1H3,(H,19,20). The Kier molecular flexibility index (Phi) is 5.84. The number of nitrogens with one attached hydrogen (secondary N) is 1. The molecule has 0 heterocycles. The molecule has 0 spiro atoms. The fourth-order valence-electron chi connectivity index (χ4n) is 2.08. The summed E-state index contributed by atoms with van der Waals surface area (Å²) in [6.07, 6.45) is 0.327. The Hall–Kier alpha value is -1.78. The van der Waals surface area contributed by atoms with Crippen LogP contribution in [0.15, 0.2) is 48.5 Å². The number of thioether (sulfide) groups is 1. The number of amides is 1. The number of carbonyl (C=O) groups excluding carboxylic acids is 1. The number of carbonyl (C=O) groups is 1. The van der Waals surface area contributed by atoms with Gasteiger partial charge in [0.25, 0.3) is 0 Å². The summed E-state index contributed by atoms with van der Waals surface area (Å²) in [6, 6.07) is 16.7. The second-order valence-electron chi connectivity index (χ2n) is 5.04. The van der Waals surface area contributed by atoms with Crippen LogP contribution < -0.4 is 11.3 Å². The van der Waals surface area contributed by atoms with Gasteiger partial charge in [-0.15, -0.1) is 0 Å². The van der Waals surface area contributed by atoms with E-state index in [1.807, 2.05) is 23.9 Å². The predicted molar refractivity (Wildman–Crippen MR) is 88.7 cm³/mol. The minimum absolute atomic E-state index is 0.170. The maximum absolute atomic E-state index is 11.2. The lowest BCUT2D eigenvalue weighted by Gasteiger charge is -2.05. The highest BCUT2D eigenvalue weighted by Crippen LogP contribution is 2.19. The van der Waals surface area contributed by atoms with Gasteiger partial charge in [0, 0.05) is 11.5 Å². The number of benzene rings is 2. The quantitative estimate of drug-likeness (QED) is 0.490. The molecule has 4 heteroatoms. The molecule has 0 unspecified atom stereocenters. The molecule has 0 aromatic heterocycles. The number of hydrogen-bond donors (Lipinski definition) is 2. The van der Waals surface area contributed by atoms with Crippen molar-refractivity contribution >= 4 is 17.7 Å². The first-order valence-electron chi connectivity index (χ1n) is 6.88. The molecule has 0 bridgehead atoms. The van der Waals surface area contributed by atoms with Gasteiger partial charge in [-0.25, -0.2) is 5.84 Å². The van der Waals surface area contributed by atoms with Gasteiger partial charge in [-0.05, 0) is 23.6 Å². The molecule has 0 atom stereocenters. The van der Waals surface area contributed by atoms with Crippen LogP contribution >= 0.6 is 11.8 Å². The van der Waals surface area contributed by atoms with Gasteiger partial charge >= 0.3 is 0 Å². The fourth-order valence-corrected chi connectivity index (χ4v) is 3.02. The third-order valence-corrected chi connectivity index (χ3v) is 4.24. The first-order valence-corrected chi connectivity index (χ1v) is 8.03. The van der Waals surface area contributed by atoms with Crippen LogP contribution in [-0.2, 0) is 22.7 Å². The number of aryl methyl sites for hydroxylation is 1. The fraction of sp³-hybridized carbons (Fsp3) is 0.235. The van der Waals surface area contributed by atoms with E-state index in [9.17, 15) is 4.79 Å². The van der Waals surface area contributed by atoms with Crippen LogP contribution in [0, 0.1) is 6.92 Å². The summed E-state index contributed by atoms with van der Waals surface area (Å²) in [4.78, 5) is 11.2. The van der Waals surface area contributed by atoms with Gasteiger partial charge in [0.2, 0.25) is 5.91 Å². The molecule has 0 aliphatic rings. The van der Waals surface area contributed by atoms with Crippen molar-refractivity contribution in [3.63, 3.8) is 0 Å². The smallest absolute Gasteiger partial charge is 0.238 e. The summed E-state index contributed by atoms with van der Waals surface area (Å²) in [5.74, 6) is 6.89. The minimum Gasteiger partial charge on any atom is -0.294 e. The highest BCUT2D eigenvalue weighted by molar-refractivity contribution is 7.97. The van der Waals surface area contributed by atoms with Gasteiger partial charge in [0.05, 0.1) is 6.42 Å². The van der Waals surface area contributed by atoms with E-state index in [1.165, 1.54) is 16.7 Å². The first kappa shape index (κ1) is 15.6. The second-order valence-corrected chi connectivity index (χ2v) is 6.03. The van der Waals surface area contributed by atoms with Gasteiger partial charge in [-0.1, -0.05) is 54.1 Å². The Balaban J connectivity index is 1.82. The molecular weight excluding hydrogens is 280 g/mol. The average Bonchev–Trinajstić information content (AvgIpc) is 2.49. The molecular formula is C17H20N2OS. The van der Waals surface area contributed by atoms with E-state index in [1.54, 1.807) is 0 Å². The van der Waals surface area contributed by atoms with Crippen molar-refractivity contribution in [3.8, 4) is 0 Å². The summed E-state index contributed by atoms with van der Waals surface area (Å²) in [5, 5.41) is 0. The van der Waals surface area contributed by atoms with Crippen LogP contribution in [0.25, 0.3) is 0 Å². The number of rotatable bonds is 6. The van der Waals surface area contributed by atoms with E-state index in [-0.39, 0.29) is 5.91 Å². The number of hydrazine groups is 1. The van der Waals surface area contributed by atoms with Gasteiger partial charge in [0.1, 0.15) is 0 Å². The maximum atomic E-state index is 11.2. The largest absolute Gasteiger partial charge is 0.294 e. The van der Waals surface area contributed by atoms with Crippen molar-refractivity contribution < 1.29 is 4.79 Å². The molecule has 2 aromatic carbocycles. The Bertz CT molecular complexity index is 596. The van der Waals surface area contributed by atoms with Gasteiger partial charge in [-0.2, -0.15) is 11.8 Å². The summed E-state index contributed by atoms with van der Waals surface area (Å²) < 4.78 is 0. The normalized spacial score (nSPS) is 10.4. The monoisotopic (exact) mass is 300 g/mol. The molecule has 110 valence electrons. The minimum atomic E-state index is -0.170. The number of nitrogens with two attached hydrogens (primary N) is 1. The van der Waals surface area contributed by atoms with Gasteiger partial charge in [-0.3, -0.25) is 10.2 Å². The average molecular weight is 300 g/mol. The van der Waals surface area contributed by atoms with E-state index in [0.717, 1.165) is 17.1 Å². The molecule has 2 aromatic rings. The molecule has 0 saturated heterocycles. The molecule has 0 aliphatic carbocycles. The molecule has 0 fully saturated rings. The van der Waals surface area contributed by atoms with Gasteiger partial charge < -0.3 is 0 Å². The Morgan fingerprint density at radius 1 is 1.05 bits per heavy atom. The molecule has 0 radical (unpaired) electrons. The second kappa shape index (κ2) is 7.86. The van der Waals surface area contributed by atoms with Crippen molar-refractivity contribution in [2.24, 2.45) is 5.84 Å². The van der Waals surface area contributed by atoms with Crippen molar-refractivity contribution in [1.29, 1.82) is 0 Å². The van der Waals surface area contributed by atoms with E-state index >= 15 is 0 Å². The van der Waals surface area contributed by atoms with E-state index < -0.39 is 0 Å². The van der Waals surface area contributed by atoms with E-state index in [0.29, 0.717) is 6.42 Å². The SMILES string of the molecule is Cc1cccc(CSCc2ccc(CC(=O)NN)cc2)c1. The van der Waals surface area contributed by atoms with Crippen LogP contribution in [-0.4, -0.2) is 5.91 Å². The molecule has 2 rings (SSSR count). The van der Waals surface area contributed by atoms with Crippen molar-refractivity contribution in [2.45, 2.75) is 24.9 Å². The van der Waals surface area contributed by atoms with Crippen LogP contribution in [0.3, 0.4) is 0 Å². The topological polar surface area (TPSA) is 55.1 Å². The van der Waals surface area contributed by atoms with Crippen LogP contribution in [0.5, 0.6) is 0 Å². The van der Waals surface area contributed by atoms with Crippen LogP contribution in [0.4, 0.5) is 0 Å². The lowest BCUT2D eigenvalue weighted by molar-refractivity contribution is -0.120. The number of hydrogen-bond acceptors (Lipinski definition) is 3. The Morgan fingerprint density at radius 2 is 1.71 bits per heavy atom. The maximum Gasteiger partial charge on any atom is 0.238 e. The third-order valence-electron chi connectivity index (χ3n) is 3.17. The van der Waals surface area contributed by atoms with Crippen molar-refractivity contribution in [3.05, 3.63) is 70.8 Å². The van der Waals surface area contributed by atoms with Crippen molar-refractivity contribution in [2.75, 3.05) is 0 Å². The predicted octanol–water partition coefficient (Wildman–Crippen LogP) is 2.96. The Morgan fingerprint density at radius 3 is 2.38 bits per heavy atom. The zero-order valence-corrected chi connectivity index (χ0v) is 13.0. The molecule has 3 N–H and O–H groups in total. The molecule has 0 saturated carbocycles. The summed E-state index contributed by atoms with van der Waals surface area (Å²) >= 11 is 1.89.